The van der Waals surface area contributed by atoms with E-state index in [-0.39, 0.29) is 0 Å². The maximum atomic E-state index is 8.72. The summed E-state index contributed by atoms with van der Waals surface area (Å²) in [6.45, 7) is 0. The van der Waals surface area contributed by atoms with E-state index in [2.05, 4.69) is 23.9 Å². The Morgan fingerprint density at radius 2 is 2.45 bits per heavy atom. The van der Waals surface area contributed by atoms with Crippen molar-refractivity contribution in [2.24, 2.45) is 0 Å². The molecule has 2 rings (SSSR count). The lowest BCUT2D eigenvalue weighted by molar-refractivity contribution is 0.617. The molecule has 1 saturated heterocycles. The number of allylic oxidation sites excluding steroid dienone is 1. The van der Waals surface area contributed by atoms with Crippen molar-refractivity contribution in [1.82, 2.24) is 0 Å². The SMILES string of the molecule is N#CC1=CC2CCCC(C1)S2. The molecule has 0 aliphatic carbocycles. The smallest absolute Gasteiger partial charge is 0.0944 e. The van der Waals surface area contributed by atoms with Crippen molar-refractivity contribution in [2.75, 3.05) is 0 Å². The van der Waals surface area contributed by atoms with Crippen molar-refractivity contribution >= 4 is 11.8 Å². The summed E-state index contributed by atoms with van der Waals surface area (Å²) in [5.41, 5.74) is 1.03. The fourth-order valence-electron chi connectivity index (χ4n) is 1.82. The highest BCUT2D eigenvalue weighted by Crippen LogP contribution is 2.40. The monoisotopic (exact) mass is 165 g/mol. The summed E-state index contributed by atoms with van der Waals surface area (Å²) in [7, 11) is 0. The van der Waals surface area contributed by atoms with Crippen molar-refractivity contribution in [2.45, 2.75) is 36.2 Å². The first-order valence-corrected chi connectivity index (χ1v) is 5.09. The molecule has 0 aromatic carbocycles. The lowest BCUT2D eigenvalue weighted by Crippen LogP contribution is -2.21. The molecular formula is C9H11NS. The van der Waals surface area contributed by atoms with Crippen LogP contribution in [0.3, 0.4) is 0 Å². The summed E-state index contributed by atoms with van der Waals surface area (Å²) >= 11 is 2.06. The minimum Gasteiger partial charge on any atom is -0.193 e. The Morgan fingerprint density at radius 1 is 1.55 bits per heavy atom. The zero-order valence-corrected chi connectivity index (χ0v) is 7.23. The lowest BCUT2D eigenvalue weighted by atomic mass is 9.99. The highest BCUT2D eigenvalue weighted by atomic mass is 32.2. The number of rotatable bonds is 0. The minimum atomic E-state index is 0.664. The molecule has 2 atom stereocenters. The number of hydrogen-bond acceptors (Lipinski definition) is 2. The van der Waals surface area contributed by atoms with Crippen LogP contribution >= 0.6 is 11.8 Å². The molecule has 0 amide bonds. The van der Waals surface area contributed by atoms with E-state index in [4.69, 9.17) is 5.26 Å². The van der Waals surface area contributed by atoms with Gasteiger partial charge in [0.25, 0.3) is 0 Å². The normalized spacial score (nSPS) is 35.7. The summed E-state index contributed by atoms with van der Waals surface area (Å²) in [4.78, 5) is 0. The Bertz CT molecular complexity index is 226. The maximum Gasteiger partial charge on any atom is 0.0944 e. The van der Waals surface area contributed by atoms with E-state index in [0.717, 1.165) is 17.2 Å². The van der Waals surface area contributed by atoms with Gasteiger partial charge in [-0.2, -0.15) is 17.0 Å². The molecule has 58 valence electrons. The molecular weight excluding hydrogens is 154 g/mol. The predicted octanol–water partition coefficient (Wildman–Crippen LogP) is 2.49. The van der Waals surface area contributed by atoms with E-state index in [1.54, 1.807) is 0 Å². The third-order valence-electron chi connectivity index (χ3n) is 2.36. The fourth-order valence-corrected chi connectivity index (χ4v) is 3.44. The Hall–Kier alpha value is -0.420. The van der Waals surface area contributed by atoms with E-state index in [9.17, 15) is 0 Å². The Labute approximate surface area is 71.5 Å². The predicted molar refractivity (Wildman–Crippen MR) is 47.3 cm³/mol. The van der Waals surface area contributed by atoms with Crippen LogP contribution in [0.15, 0.2) is 11.6 Å². The van der Waals surface area contributed by atoms with Crippen molar-refractivity contribution in [3.8, 4) is 6.07 Å². The number of fused-ring (bicyclic) bond motifs is 2. The molecule has 2 aliphatic rings. The van der Waals surface area contributed by atoms with Gasteiger partial charge in [-0.15, -0.1) is 0 Å². The third-order valence-corrected chi connectivity index (χ3v) is 3.87. The second-order valence-electron chi connectivity index (χ2n) is 3.24. The molecule has 0 spiro atoms. The fraction of sp³-hybridized carbons (Fsp3) is 0.667. The average molecular weight is 165 g/mol. The van der Waals surface area contributed by atoms with Crippen molar-refractivity contribution < 1.29 is 0 Å². The number of nitriles is 1. The van der Waals surface area contributed by atoms with E-state index in [1.165, 1.54) is 19.3 Å². The minimum absolute atomic E-state index is 0.664. The van der Waals surface area contributed by atoms with Crippen molar-refractivity contribution in [1.29, 1.82) is 5.26 Å². The van der Waals surface area contributed by atoms with Crippen LogP contribution in [0.1, 0.15) is 25.7 Å². The van der Waals surface area contributed by atoms with Crippen molar-refractivity contribution in [3.05, 3.63) is 11.6 Å². The second-order valence-corrected chi connectivity index (χ2v) is 4.78. The van der Waals surface area contributed by atoms with Crippen molar-refractivity contribution in [3.63, 3.8) is 0 Å². The van der Waals surface area contributed by atoms with Gasteiger partial charge < -0.3 is 0 Å². The first kappa shape index (κ1) is 7.24. The van der Waals surface area contributed by atoms with E-state index >= 15 is 0 Å². The number of thioether (sulfide) groups is 1. The second kappa shape index (κ2) is 2.91. The average Bonchev–Trinajstić information content (AvgIpc) is 2.03. The first-order chi connectivity index (χ1) is 5.38. The van der Waals surface area contributed by atoms with Crippen LogP contribution in [0.25, 0.3) is 0 Å². The van der Waals surface area contributed by atoms with Gasteiger partial charge in [0, 0.05) is 16.1 Å². The molecule has 0 N–H and O–H groups in total. The Morgan fingerprint density at radius 3 is 3.18 bits per heavy atom. The maximum absolute atomic E-state index is 8.72. The molecule has 2 heterocycles. The van der Waals surface area contributed by atoms with Crippen LogP contribution in [-0.2, 0) is 0 Å². The van der Waals surface area contributed by atoms with Crippen LogP contribution in [0.5, 0.6) is 0 Å². The van der Waals surface area contributed by atoms with Crippen LogP contribution in [0.2, 0.25) is 0 Å². The van der Waals surface area contributed by atoms with E-state index < -0.39 is 0 Å². The summed E-state index contributed by atoms with van der Waals surface area (Å²) in [6.07, 6.45) is 7.15. The summed E-state index contributed by atoms with van der Waals surface area (Å²) in [5, 5.41) is 10.1. The van der Waals surface area contributed by atoms with E-state index in [0.29, 0.717) is 5.25 Å². The molecule has 11 heavy (non-hydrogen) atoms. The highest BCUT2D eigenvalue weighted by molar-refractivity contribution is 8.00. The third kappa shape index (κ3) is 1.44. The number of hydrogen-bond donors (Lipinski definition) is 0. The van der Waals surface area contributed by atoms with E-state index in [1.807, 2.05) is 0 Å². The van der Waals surface area contributed by atoms with Gasteiger partial charge in [-0.3, -0.25) is 0 Å². The van der Waals surface area contributed by atoms with Gasteiger partial charge >= 0.3 is 0 Å². The van der Waals surface area contributed by atoms with Gasteiger partial charge in [-0.05, 0) is 19.3 Å². The van der Waals surface area contributed by atoms with Gasteiger partial charge in [0.1, 0.15) is 0 Å². The van der Waals surface area contributed by atoms with Gasteiger partial charge in [0.05, 0.1) is 6.07 Å². The first-order valence-electron chi connectivity index (χ1n) is 4.15. The van der Waals surface area contributed by atoms with Crippen LogP contribution in [-0.4, -0.2) is 10.5 Å². The standard InChI is InChI=1S/C9H11NS/c10-6-7-4-8-2-1-3-9(5-7)11-8/h4,8-9H,1-3,5H2. The highest BCUT2D eigenvalue weighted by Gasteiger charge is 2.26. The topological polar surface area (TPSA) is 23.8 Å². The summed E-state index contributed by atoms with van der Waals surface area (Å²) < 4.78 is 0. The molecule has 0 aromatic heterocycles. The molecule has 1 fully saturated rings. The van der Waals surface area contributed by atoms with Gasteiger partial charge in [0.2, 0.25) is 0 Å². The molecule has 0 saturated carbocycles. The van der Waals surface area contributed by atoms with Crippen LogP contribution in [0.4, 0.5) is 0 Å². The molecule has 1 nitrogen and oxygen atoms in total. The zero-order chi connectivity index (χ0) is 7.68. The summed E-state index contributed by atoms with van der Waals surface area (Å²) in [6, 6.07) is 2.28. The van der Waals surface area contributed by atoms with Crippen LogP contribution < -0.4 is 0 Å². The Kier molecular flexibility index (Phi) is 1.91. The molecule has 2 heteroatoms. The number of nitrogens with zero attached hydrogens (tertiary/aromatic N) is 1. The largest absolute Gasteiger partial charge is 0.193 e. The van der Waals surface area contributed by atoms with Gasteiger partial charge in [-0.25, -0.2) is 0 Å². The quantitative estimate of drug-likeness (QED) is 0.550. The molecule has 2 bridgehead atoms. The Balaban J connectivity index is 2.17. The molecule has 0 aromatic rings. The summed E-state index contributed by atoms with van der Waals surface area (Å²) in [5.74, 6) is 0. The van der Waals surface area contributed by atoms with Crippen LogP contribution in [0, 0.1) is 11.3 Å². The van der Waals surface area contributed by atoms with Gasteiger partial charge in [0.15, 0.2) is 0 Å². The lowest BCUT2D eigenvalue weighted by Gasteiger charge is -2.30. The van der Waals surface area contributed by atoms with Gasteiger partial charge in [-0.1, -0.05) is 12.5 Å². The zero-order valence-electron chi connectivity index (χ0n) is 6.42. The molecule has 2 unspecified atom stereocenters. The molecule has 2 aliphatic heterocycles. The molecule has 0 radical (unpaired) electrons.